The van der Waals surface area contributed by atoms with E-state index in [2.05, 4.69) is 0 Å². The van der Waals surface area contributed by atoms with Crippen molar-refractivity contribution in [3.63, 3.8) is 0 Å². The number of hydrogen-bond donors (Lipinski definition) is 0. The molecule has 1 saturated heterocycles. The van der Waals surface area contributed by atoms with Gasteiger partial charge in [-0.15, -0.1) is 0 Å². The third kappa shape index (κ3) is 6.29. The van der Waals surface area contributed by atoms with Gasteiger partial charge in [-0.2, -0.15) is 0 Å². The van der Waals surface area contributed by atoms with Gasteiger partial charge in [0.2, 0.25) is 15.9 Å². The van der Waals surface area contributed by atoms with Crippen molar-refractivity contribution in [2.45, 2.75) is 42.8 Å². The summed E-state index contributed by atoms with van der Waals surface area (Å²) in [6, 6.07) is 5.86. The fraction of sp³-hybridized carbons (Fsp3) is 0.611. The maximum atomic E-state index is 12.5. The molecule has 7 nitrogen and oxygen atoms in total. The lowest BCUT2D eigenvalue weighted by molar-refractivity contribution is -0.128. The van der Waals surface area contributed by atoms with Gasteiger partial charge in [-0.3, -0.25) is 4.79 Å². The van der Waals surface area contributed by atoms with Gasteiger partial charge in [0, 0.05) is 27.2 Å². The molecule has 1 fully saturated rings. The highest BCUT2D eigenvalue weighted by Crippen LogP contribution is 2.17. The number of rotatable bonds is 6. The summed E-state index contributed by atoms with van der Waals surface area (Å²) in [6.45, 7) is 1.20. The number of carbonyl (C=O) groups excluding carboxylic acids is 1. The number of sulfone groups is 1. The van der Waals surface area contributed by atoms with Crippen molar-refractivity contribution in [2.75, 3.05) is 32.9 Å². The molecule has 0 atom stereocenters. The van der Waals surface area contributed by atoms with Gasteiger partial charge >= 0.3 is 0 Å². The first-order valence-corrected chi connectivity index (χ1v) is 12.4. The van der Waals surface area contributed by atoms with Crippen molar-refractivity contribution in [2.24, 2.45) is 0 Å². The number of nitrogens with zero attached hydrogens (tertiary/aromatic N) is 2. The van der Waals surface area contributed by atoms with E-state index in [1.165, 1.54) is 32.3 Å². The number of hydrogen-bond acceptors (Lipinski definition) is 5. The lowest BCUT2D eigenvalue weighted by Gasteiger charge is -2.24. The van der Waals surface area contributed by atoms with E-state index in [1.807, 2.05) is 0 Å². The Morgan fingerprint density at radius 2 is 1.59 bits per heavy atom. The van der Waals surface area contributed by atoms with Crippen LogP contribution >= 0.6 is 0 Å². The van der Waals surface area contributed by atoms with Gasteiger partial charge in [0.1, 0.15) is 5.75 Å². The molecule has 0 bridgehead atoms. The summed E-state index contributed by atoms with van der Waals surface area (Å²) in [4.78, 5) is 14.1. The minimum absolute atomic E-state index is 0.0373. The molecule has 0 radical (unpaired) electrons. The number of sulfonamides is 1. The van der Waals surface area contributed by atoms with Crippen LogP contribution in [-0.2, 0) is 30.4 Å². The normalized spacial score (nSPS) is 16.8. The van der Waals surface area contributed by atoms with Gasteiger partial charge in [-0.05, 0) is 30.5 Å². The van der Waals surface area contributed by atoms with Crippen molar-refractivity contribution in [3.8, 4) is 0 Å². The third-order valence-electron chi connectivity index (χ3n) is 4.62. The molecule has 2 rings (SSSR count). The first-order valence-electron chi connectivity index (χ1n) is 9.11. The van der Waals surface area contributed by atoms with Crippen molar-refractivity contribution >= 4 is 25.8 Å². The molecule has 0 N–H and O–H groups in total. The van der Waals surface area contributed by atoms with Crippen LogP contribution in [0.4, 0.5) is 0 Å². The summed E-state index contributed by atoms with van der Waals surface area (Å²) in [5.74, 6) is -1.27. The minimum Gasteiger partial charge on any atom is -0.342 e. The highest BCUT2D eigenvalue weighted by atomic mass is 32.2. The molecule has 1 aromatic carbocycles. The van der Waals surface area contributed by atoms with Crippen LogP contribution < -0.4 is 0 Å². The molecule has 1 aliphatic heterocycles. The van der Waals surface area contributed by atoms with E-state index in [4.69, 9.17) is 0 Å². The van der Waals surface area contributed by atoms with E-state index >= 15 is 0 Å². The molecule has 9 heteroatoms. The van der Waals surface area contributed by atoms with Crippen LogP contribution in [0.5, 0.6) is 0 Å². The zero-order valence-electron chi connectivity index (χ0n) is 15.9. The van der Waals surface area contributed by atoms with Crippen LogP contribution in [0.1, 0.15) is 37.7 Å². The Morgan fingerprint density at radius 1 is 1.00 bits per heavy atom. The van der Waals surface area contributed by atoms with Crippen LogP contribution in [0.25, 0.3) is 0 Å². The van der Waals surface area contributed by atoms with E-state index in [0.29, 0.717) is 18.7 Å². The van der Waals surface area contributed by atoms with Crippen molar-refractivity contribution in [1.29, 1.82) is 0 Å². The Kier molecular flexibility index (Phi) is 7.41. The van der Waals surface area contributed by atoms with Gasteiger partial charge in [-0.25, -0.2) is 21.1 Å². The third-order valence-corrected chi connectivity index (χ3v) is 7.89. The summed E-state index contributed by atoms with van der Waals surface area (Å²) < 4.78 is 50.5. The zero-order valence-corrected chi connectivity index (χ0v) is 17.6. The smallest absolute Gasteiger partial charge is 0.242 e. The number of amides is 1. The largest absolute Gasteiger partial charge is 0.342 e. The molecule has 27 heavy (non-hydrogen) atoms. The zero-order chi connectivity index (χ0) is 20.1. The van der Waals surface area contributed by atoms with Gasteiger partial charge in [0.15, 0.2) is 9.84 Å². The van der Waals surface area contributed by atoms with Crippen molar-refractivity contribution in [3.05, 3.63) is 29.8 Å². The van der Waals surface area contributed by atoms with Gasteiger partial charge in [-0.1, -0.05) is 31.4 Å². The Balaban J connectivity index is 2.08. The first kappa shape index (κ1) is 21.8. The molecule has 0 aromatic heterocycles. The molecule has 1 amide bonds. The molecule has 0 aliphatic carbocycles. The maximum absolute atomic E-state index is 12.5. The van der Waals surface area contributed by atoms with Crippen LogP contribution in [0.3, 0.4) is 0 Å². The summed E-state index contributed by atoms with van der Waals surface area (Å²) in [6.07, 6.45) is 5.08. The second kappa shape index (κ2) is 9.16. The fourth-order valence-corrected chi connectivity index (χ4v) is 5.41. The average molecular weight is 417 g/mol. The quantitative estimate of drug-likeness (QED) is 0.703. The summed E-state index contributed by atoms with van der Waals surface area (Å²) in [5.41, 5.74) is 0.360. The Labute approximate surface area is 162 Å². The summed E-state index contributed by atoms with van der Waals surface area (Å²) in [7, 11) is -4.49. The predicted octanol–water partition coefficient (Wildman–Crippen LogP) is 1.64. The van der Waals surface area contributed by atoms with E-state index in [1.54, 1.807) is 11.0 Å². The molecule has 1 aliphatic rings. The minimum atomic E-state index is -3.69. The van der Waals surface area contributed by atoms with Gasteiger partial charge < -0.3 is 4.90 Å². The molecular weight excluding hydrogens is 388 g/mol. The Hall–Kier alpha value is -1.45. The van der Waals surface area contributed by atoms with Crippen LogP contribution in [0.15, 0.2) is 29.2 Å². The molecule has 0 unspecified atom stereocenters. The molecule has 152 valence electrons. The second-order valence-electron chi connectivity index (χ2n) is 7.12. The van der Waals surface area contributed by atoms with Gasteiger partial charge in [0.05, 0.1) is 10.6 Å². The lowest BCUT2D eigenvalue weighted by atomic mass is 10.1. The number of benzene rings is 1. The van der Waals surface area contributed by atoms with Crippen molar-refractivity contribution < 1.29 is 21.6 Å². The van der Waals surface area contributed by atoms with E-state index < -0.39 is 25.6 Å². The van der Waals surface area contributed by atoms with E-state index in [9.17, 15) is 21.6 Å². The summed E-state index contributed by atoms with van der Waals surface area (Å²) >= 11 is 0. The fourth-order valence-electron chi connectivity index (χ4n) is 3.09. The second-order valence-corrected chi connectivity index (χ2v) is 11.3. The van der Waals surface area contributed by atoms with Crippen molar-refractivity contribution in [1.82, 2.24) is 9.21 Å². The van der Waals surface area contributed by atoms with Crippen LogP contribution in [0, 0.1) is 0 Å². The molecule has 0 saturated carbocycles. The highest BCUT2D eigenvalue weighted by molar-refractivity contribution is 7.91. The summed E-state index contributed by atoms with van der Waals surface area (Å²) in [5, 5.41) is 0. The number of likely N-dealkylation sites (tertiary alicyclic amines) is 1. The topological polar surface area (TPSA) is 91.8 Å². The average Bonchev–Trinajstić information content (AvgIpc) is 2.53. The SMILES string of the molecule is CN(C)S(=O)(=O)c1cccc(CS(=O)(=O)CC(=O)N2CCCCCCC2)c1. The Morgan fingerprint density at radius 3 is 2.19 bits per heavy atom. The van der Waals surface area contributed by atoms with Crippen LogP contribution in [-0.4, -0.2) is 64.9 Å². The first-order chi connectivity index (χ1) is 12.6. The molecule has 1 aromatic rings. The predicted molar refractivity (Wildman–Crippen MR) is 104 cm³/mol. The standard InChI is InChI=1S/C18H28N2O5S2/c1-19(2)27(24,25)17-10-8-9-16(13-17)14-26(22,23)15-18(21)20-11-6-4-3-5-7-12-20/h8-10,13H,3-7,11-12,14-15H2,1-2H3. The molecular formula is C18H28N2O5S2. The maximum Gasteiger partial charge on any atom is 0.242 e. The lowest BCUT2D eigenvalue weighted by Crippen LogP contribution is -2.38. The van der Waals surface area contributed by atoms with Crippen LogP contribution in [0.2, 0.25) is 0 Å². The number of carbonyl (C=O) groups is 1. The van der Waals surface area contributed by atoms with Gasteiger partial charge in [0.25, 0.3) is 0 Å². The molecule has 1 heterocycles. The highest BCUT2D eigenvalue weighted by Gasteiger charge is 2.24. The molecule has 0 spiro atoms. The van der Waals surface area contributed by atoms with E-state index in [-0.39, 0.29) is 16.6 Å². The monoisotopic (exact) mass is 416 g/mol. The Bertz CT molecular complexity index is 855. The van der Waals surface area contributed by atoms with E-state index in [0.717, 1.165) is 36.4 Å².